The van der Waals surface area contributed by atoms with E-state index >= 15 is 0 Å². The summed E-state index contributed by atoms with van der Waals surface area (Å²) in [4.78, 5) is 11.1. The van der Waals surface area contributed by atoms with Crippen LogP contribution in [0.3, 0.4) is 0 Å². The Morgan fingerprint density at radius 3 is 1.70 bits per heavy atom. The van der Waals surface area contributed by atoms with Gasteiger partial charge in [0.15, 0.2) is 11.6 Å². The van der Waals surface area contributed by atoms with Crippen molar-refractivity contribution in [1.29, 1.82) is 0 Å². The lowest BCUT2D eigenvalue weighted by Gasteiger charge is -2.26. The molecule has 4 rings (SSSR count). The summed E-state index contributed by atoms with van der Waals surface area (Å²) >= 11 is 0. The van der Waals surface area contributed by atoms with Crippen LogP contribution in [0.25, 0.3) is 0 Å². The topological polar surface area (TPSA) is 67.1 Å². The van der Waals surface area contributed by atoms with E-state index in [0.29, 0.717) is 31.1 Å². The van der Waals surface area contributed by atoms with Crippen molar-refractivity contribution >= 4 is 17.3 Å². The molecule has 0 fully saturated rings. The Bertz CT molecular complexity index is 1010. The van der Waals surface area contributed by atoms with E-state index in [2.05, 4.69) is 56.6 Å². The number of aromatic nitrogens is 2. The third-order valence-electron chi connectivity index (χ3n) is 4.90. The van der Waals surface area contributed by atoms with Gasteiger partial charge in [0.1, 0.15) is 12.0 Å². The van der Waals surface area contributed by atoms with Crippen molar-refractivity contribution in [3.8, 4) is 0 Å². The highest BCUT2D eigenvalue weighted by Gasteiger charge is 2.16. The van der Waals surface area contributed by atoms with Crippen LogP contribution in [0, 0.1) is 0 Å². The molecule has 1 aromatic heterocycles. The first-order valence-electron chi connectivity index (χ1n) is 10.0. The number of nitrogens with two attached hydrogens (primary N) is 1. The fourth-order valence-electron chi connectivity index (χ4n) is 3.37. The summed E-state index contributed by atoms with van der Waals surface area (Å²) in [5.74, 6) is 1.38. The van der Waals surface area contributed by atoms with Crippen molar-refractivity contribution in [3.63, 3.8) is 0 Å². The van der Waals surface area contributed by atoms with E-state index in [4.69, 9.17) is 5.73 Å². The van der Waals surface area contributed by atoms with Crippen LogP contribution in [0.15, 0.2) is 97.3 Å². The van der Waals surface area contributed by atoms with Crippen LogP contribution in [0.4, 0.5) is 17.3 Å². The van der Waals surface area contributed by atoms with Crippen LogP contribution < -0.4 is 16.0 Å². The minimum absolute atomic E-state index is 0.556. The van der Waals surface area contributed by atoms with Gasteiger partial charge in [0.05, 0.1) is 0 Å². The number of rotatable bonds is 8. The van der Waals surface area contributed by atoms with E-state index in [1.165, 1.54) is 16.7 Å². The average Bonchev–Trinajstić information content (AvgIpc) is 2.80. The molecule has 0 atom stereocenters. The molecule has 150 valence electrons. The molecule has 4 aromatic rings. The van der Waals surface area contributed by atoms with Crippen LogP contribution in [0.2, 0.25) is 0 Å². The molecular formula is C25H25N5. The standard InChI is InChI=1S/C25H25N5/c26-23-24(27-16-20-10-4-1-5-11-20)28-19-29-25(23)30(17-21-12-6-2-7-13-21)18-22-14-8-3-9-15-22/h1-15,19H,16-18,26H2,(H,27,28,29). The van der Waals surface area contributed by atoms with Gasteiger partial charge in [-0.25, -0.2) is 9.97 Å². The second kappa shape index (κ2) is 9.56. The highest BCUT2D eigenvalue weighted by Crippen LogP contribution is 2.29. The van der Waals surface area contributed by atoms with Gasteiger partial charge in [0.25, 0.3) is 0 Å². The third kappa shape index (κ3) is 4.94. The van der Waals surface area contributed by atoms with Crippen molar-refractivity contribution in [2.75, 3.05) is 16.0 Å². The SMILES string of the molecule is Nc1c(NCc2ccccc2)ncnc1N(Cc1ccccc1)Cc1ccccc1. The molecule has 0 bridgehead atoms. The van der Waals surface area contributed by atoms with Gasteiger partial charge in [-0.2, -0.15) is 0 Å². The lowest BCUT2D eigenvalue weighted by molar-refractivity contribution is 0.782. The van der Waals surface area contributed by atoms with E-state index in [9.17, 15) is 0 Å². The quantitative estimate of drug-likeness (QED) is 0.445. The summed E-state index contributed by atoms with van der Waals surface area (Å²) in [6, 6.07) is 30.9. The molecule has 0 amide bonds. The Hall–Kier alpha value is -3.86. The van der Waals surface area contributed by atoms with Gasteiger partial charge in [-0.1, -0.05) is 91.0 Å². The largest absolute Gasteiger partial charge is 0.393 e. The lowest BCUT2D eigenvalue weighted by atomic mass is 10.1. The van der Waals surface area contributed by atoms with Crippen molar-refractivity contribution < 1.29 is 0 Å². The molecule has 0 aliphatic rings. The van der Waals surface area contributed by atoms with Gasteiger partial charge in [-0.15, -0.1) is 0 Å². The molecule has 3 aromatic carbocycles. The lowest BCUT2D eigenvalue weighted by Crippen LogP contribution is -2.25. The number of nitrogens with one attached hydrogen (secondary N) is 1. The molecule has 3 N–H and O–H groups in total. The zero-order valence-electron chi connectivity index (χ0n) is 16.8. The first-order chi connectivity index (χ1) is 14.8. The number of nitrogens with zero attached hydrogens (tertiary/aromatic N) is 3. The number of nitrogen functional groups attached to an aromatic ring is 1. The molecular weight excluding hydrogens is 370 g/mol. The van der Waals surface area contributed by atoms with Crippen LogP contribution in [-0.2, 0) is 19.6 Å². The van der Waals surface area contributed by atoms with E-state index in [0.717, 1.165) is 5.82 Å². The molecule has 0 radical (unpaired) electrons. The van der Waals surface area contributed by atoms with Gasteiger partial charge in [0, 0.05) is 19.6 Å². The van der Waals surface area contributed by atoms with Crippen LogP contribution >= 0.6 is 0 Å². The molecule has 0 unspecified atom stereocenters. The third-order valence-corrected chi connectivity index (χ3v) is 4.90. The van der Waals surface area contributed by atoms with Crippen LogP contribution in [0.5, 0.6) is 0 Å². The molecule has 5 nitrogen and oxygen atoms in total. The number of anilines is 3. The molecule has 0 spiro atoms. The maximum atomic E-state index is 6.53. The molecule has 5 heteroatoms. The second-order valence-electron chi connectivity index (χ2n) is 7.13. The Morgan fingerprint density at radius 1 is 0.667 bits per heavy atom. The summed E-state index contributed by atoms with van der Waals surface area (Å²) in [6.45, 7) is 2.06. The zero-order chi connectivity index (χ0) is 20.6. The Labute approximate surface area is 177 Å². The predicted molar refractivity (Wildman–Crippen MR) is 123 cm³/mol. The molecule has 0 saturated heterocycles. The van der Waals surface area contributed by atoms with Crippen LogP contribution in [0.1, 0.15) is 16.7 Å². The summed E-state index contributed by atoms with van der Waals surface area (Å²) in [5.41, 5.74) is 10.6. The van der Waals surface area contributed by atoms with Gasteiger partial charge in [-0.05, 0) is 16.7 Å². The second-order valence-corrected chi connectivity index (χ2v) is 7.13. The first-order valence-corrected chi connectivity index (χ1v) is 10.0. The minimum atomic E-state index is 0.556. The summed E-state index contributed by atoms with van der Waals surface area (Å²) < 4.78 is 0. The monoisotopic (exact) mass is 395 g/mol. The zero-order valence-corrected chi connectivity index (χ0v) is 16.8. The van der Waals surface area contributed by atoms with E-state index in [1.807, 2.05) is 54.6 Å². The summed E-state index contributed by atoms with van der Waals surface area (Å²) in [7, 11) is 0. The molecule has 0 aliphatic carbocycles. The van der Waals surface area contributed by atoms with E-state index < -0.39 is 0 Å². The fraction of sp³-hybridized carbons (Fsp3) is 0.120. The number of benzene rings is 3. The average molecular weight is 396 g/mol. The molecule has 1 heterocycles. The summed E-state index contributed by atoms with van der Waals surface area (Å²) in [5, 5.41) is 3.35. The van der Waals surface area contributed by atoms with Gasteiger partial charge in [0.2, 0.25) is 0 Å². The maximum absolute atomic E-state index is 6.53. The Morgan fingerprint density at radius 2 is 1.17 bits per heavy atom. The normalized spacial score (nSPS) is 10.5. The van der Waals surface area contributed by atoms with Crippen LogP contribution in [-0.4, -0.2) is 9.97 Å². The van der Waals surface area contributed by atoms with E-state index in [1.54, 1.807) is 6.33 Å². The van der Waals surface area contributed by atoms with Crippen molar-refractivity contribution in [3.05, 3.63) is 114 Å². The first kappa shape index (κ1) is 19.5. The smallest absolute Gasteiger partial charge is 0.158 e. The summed E-state index contributed by atoms with van der Waals surface area (Å²) in [6.07, 6.45) is 1.57. The van der Waals surface area contributed by atoms with Gasteiger partial charge >= 0.3 is 0 Å². The highest BCUT2D eigenvalue weighted by molar-refractivity contribution is 5.75. The van der Waals surface area contributed by atoms with Crippen molar-refractivity contribution in [2.24, 2.45) is 0 Å². The maximum Gasteiger partial charge on any atom is 0.158 e. The molecule has 0 aliphatic heterocycles. The van der Waals surface area contributed by atoms with E-state index in [-0.39, 0.29) is 0 Å². The Balaban J connectivity index is 1.60. The van der Waals surface area contributed by atoms with Crippen molar-refractivity contribution in [2.45, 2.75) is 19.6 Å². The minimum Gasteiger partial charge on any atom is -0.393 e. The highest BCUT2D eigenvalue weighted by atomic mass is 15.2. The predicted octanol–water partition coefficient (Wildman–Crippen LogP) is 4.88. The number of hydrogen-bond donors (Lipinski definition) is 2. The van der Waals surface area contributed by atoms with Crippen molar-refractivity contribution in [1.82, 2.24) is 9.97 Å². The fourth-order valence-corrected chi connectivity index (χ4v) is 3.37. The Kier molecular flexibility index (Phi) is 6.20. The molecule has 30 heavy (non-hydrogen) atoms. The van der Waals surface area contributed by atoms with Gasteiger partial charge in [-0.3, -0.25) is 0 Å². The molecule has 0 saturated carbocycles. The number of hydrogen-bond acceptors (Lipinski definition) is 5. The van der Waals surface area contributed by atoms with Gasteiger partial charge < -0.3 is 16.0 Å².